The molecule has 4 aromatic rings. The van der Waals surface area contributed by atoms with Crippen molar-refractivity contribution in [3.05, 3.63) is 82.8 Å². The molecular weight excluding hydrogens is 501 g/mol. The maximum absolute atomic E-state index is 13.0. The molecule has 0 atom stereocenters. The first-order chi connectivity index (χ1) is 16.3. The van der Waals surface area contributed by atoms with E-state index in [4.69, 9.17) is 4.74 Å². The number of thiophene rings is 1. The first kappa shape index (κ1) is 23.5. The van der Waals surface area contributed by atoms with Gasteiger partial charge < -0.3 is 4.74 Å². The molecule has 2 aromatic heterocycles. The van der Waals surface area contributed by atoms with Gasteiger partial charge >= 0.3 is 5.97 Å². The number of hydrogen-bond acceptors (Lipinski definition) is 8. The smallest absolute Gasteiger partial charge is 0.338 e. The molecule has 0 aliphatic carbocycles. The highest BCUT2D eigenvalue weighted by molar-refractivity contribution is 7.94. The van der Waals surface area contributed by atoms with E-state index in [0.29, 0.717) is 16.4 Å². The number of nitrogens with one attached hydrogen (secondary N) is 2. The number of benzene rings is 2. The van der Waals surface area contributed by atoms with Gasteiger partial charge in [-0.05, 0) is 60.0 Å². The second-order valence-electron chi connectivity index (χ2n) is 6.78. The van der Waals surface area contributed by atoms with Crippen LogP contribution in [0.25, 0.3) is 11.3 Å². The van der Waals surface area contributed by atoms with E-state index in [1.54, 1.807) is 29.0 Å². The Morgan fingerprint density at radius 2 is 1.74 bits per heavy atom. The first-order valence-electron chi connectivity index (χ1n) is 9.65. The van der Waals surface area contributed by atoms with Gasteiger partial charge in [-0.25, -0.2) is 22.6 Å². The van der Waals surface area contributed by atoms with Gasteiger partial charge in [-0.1, -0.05) is 6.07 Å². The fraction of sp³-hybridized carbons (Fsp3) is 0.0455. The standard InChI is InChI=1S/C22H16FN3O5S3/c23-16-7-3-14(4-8-16)18-13-33-22(24-18)25-19(27)12-31-21(28)15-5-9-17(10-6-15)26-34(29,30)20-2-1-11-32-20/h1-11,13,26H,12H2,(H,24,25,27). The summed E-state index contributed by atoms with van der Waals surface area (Å²) in [7, 11) is -3.69. The molecule has 2 heterocycles. The summed E-state index contributed by atoms with van der Waals surface area (Å²) in [4.78, 5) is 28.6. The number of anilines is 2. The molecule has 12 heteroatoms. The summed E-state index contributed by atoms with van der Waals surface area (Å²) in [6, 6.07) is 14.5. The fourth-order valence-electron chi connectivity index (χ4n) is 2.75. The van der Waals surface area contributed by atoms with Crippen LogP contribution in [0.2, 0.25) is 0 Å². The molecule has 34 heavy (non-hydrogen) atoms. The maximum Gasteiger partial charge on any atom is 0.338 e. The Morgan fingerprint density at radius 3 is 2.41 bits per heavy atom. The predicted octanol–water partition coefficient (Wildman–Crippen LogP) is 4.61. The lowest BCUT2D eigenvalue weighted by Gasteiger charge is -2.08. The highest BCUT2D eigenvalue weighted by Gasteiger charge is 2.16. The number of esters is 1. The van der Waals surface area contributed by atoms with Crippen molar-refractivity contribution in [2.45, 2.75) is 4.21 Å². The third-order valence-electron chi connectivity index (χ3n) is 4.36. The zero-order chi connectivity index (χ0) is 24.1. The Labute approximate surface area is 202 Å². The summed E-state index contributed by atoms with van der Waals surface area (Å²) in [5.41, 5.74) is 1.71. The normalized spacial score (nSPS) is 11.1. The molecule has 8 nitrogen and oxygen atoms in total. The van der Waals surface area contributed by atoms with Crippen LogP contribution < -0.4 is 10.0 Å². The molecule has 0 fully saturated rings. The highest BCUT2D eigenvalue weighted by Crippen LogP contribution is 2.25. The van der Waals surface area contributed by atoms with Crippen LogP contribution >= 0.6 is 22.7 Å². The van der Waals surface area contributed by atoms with Gasteiger partial charge in [-0.15, -0.1) is 22.7 Å². The van der Waals surface area contributed by atoms with Crippen molar-refractivity contribution < 1.29 is 27.1 Å². The summed E-state index contributed by atoms with van der Waals surface area (Å²) < 4.78 is 45.2. The van der Waals surface area contributed by atoms with Gasteiger partial charge in [0.15, 0.2) is 11.7 Å². The minimum Gasteiger partial charge on any atom is -0.452 e. The number of carbonyl (C=O) groups is 2. The van der Waals surface area contributed by atoms with Crippen LogP contribution in [0.3, 0.4) is 0 Å². The summed E-state index contributed by atoms with van der Waals surface area (Å²) in [6.45, 7) is -0.531. The molecule has 2 aromatic carbocycles. The molecule has 0 spiro atoms. The lowest BCUT2D eigenvalue weighted by Crippen LogP contribution is -2.20. The number of carbonyl (C=O) groups excluding carboxylic acids is 2. The minimum atomic E-state index is -3.69. The molecule has 0 unspecified atom stereocenters. The minimum absolute atomic E-state index is 0.153. The number of nitrogens with zero attached hydrogens (tertiary/aromatic N) is 1. The monoisotopic (exact) mass is 517 g/mol. The average Bonchev–Trinajstić information content (AvgIpc) is 3.51. The molecule has 0 aliphatic rings. The van der Waals surface area contributed by atoms with E-state index in [-0.39, 0.29) is 21.3 Å². The van der Waals surface area contributed by atoms with E-state index in [1.165, 1.54) is 53.8 Å². The quantitative estimate of drug-likeness (QED) is 0.330. The van der Waals surface area contributed by atoms with Crippen LogP contribution in [0.4, 0.5) is 15.2 Å². The van der Waals surface area contributed by atoms with Gasteiger partial charge in [0.2, 0.25) is 0 Å². The number of rotatable bonds is 8. The molecule has 4 rings (SSSR count). The summed E-state index contributed by atoms with van der Waals surface area (Å²) in [6.07, 6.45) is 0. The van der Waals surface area contributed by atoms with Crippen molar-refractivity contribution in [1.82, 2.24) is 4.98 Å². The molecule has 0 radical (unpaired) electrons. The zero-order valence-corrected chi connectivity index (χ0v) is 19.7. The molecule has 0 saturated heterocycles. The summed E-state index contributed by atoms with van der Waals surface area (Å²) >= 11 is 2.27. The molecule has 174 valence electrons. The van der Waals surface area contributed by atoms with E-state index in [1.807, 2.05) is 0 Å². The van der Waals surface area contributed by atoms with Crippen molar-refractivity contribution in [2.75, 3.05) is 16.6 Å². The highest BCUT2D eigenvalue weighted by atomic mass is 32.2. The number of amides is 1. The Bertz CT molecular complexity index is 1400. The number of halogens is 1. The Kier molecular flexibility index (Phi) is 7.01. The second kappa shape index (κ2) is 10.1. The maximum atomic E-state index is 13.0. The van der Waals surface area contributed by atoms with Gasteiger partial charge in [0.05, 0.1) is 11.3 Å². The van der Waals surface area contributed by atoms with E-state index < -0.39 is 28.5 Å². The van der Waals surface area contributed by atoms with Crippen molar-refractivity contribution in [3.8, 4) is 11.3 Å². The van der Waals surface area contributed by atoms with Crippen molar-refractivity contribution in [3.63, 3.8) is 0 Å². The first-order valence-corrected chi connectivity index (χ1v) is 12.9. The van der Waals surface area contributed by atoms with Crippen molar-refractivity contribution >= 4 is 55.4 Å². The van der Waals surface area contributed by atoms with Crippen LogP contribution in [0.5, 0.6) is 0 Å². The van der Waals surface area contributed by atoms with Crippen molar-refractivity contribution in [2.24, 2.45) is 0 Å². The van der Waals surface area contributed by atoms with Gasteiger partial charge in [-0.2, -0.15) is 0 Å². The van der Waals surface area contributed by atoms with Gasteiger partial charge in [-0.3, -0.25) is 14.8 Å². The van der Waals surface area contributed by atoms with E-state index in [2.05, 4.69) is 15.0 Å². The molecule has 2 N–H and O–H groups in total. The summed E-state index contributed by atoms with van der Waals surface area (Å²) in [5.74, 6) is -1.67. The molecule has 0 aliphatic heterocycles. The van der Waals surface area contributed by atoms with Crippen LogP contribution in [0.15, 0.2) is 75.6 Å². The van der Waals surface area contributed by atoms with Crippen LogP contribution in [0.1, 0.15) is 10.4 Å². The van der Waals surface area contributed by atoms with E-state index >= 15 is 0 Å². The SMILES string of the molecule is O=C(COC(=O)c1ccc(NS(=O)(=O)c2cccs2)cc1)Nc1nc(-c2ccc(F)cc2)cs1. The van der Waals surface area contributed by atoms with E-state index in [9.17, 15) is 22.4 Å². The fourth-order valence-corrected chi connectivity index (χ4v) is 5.54. The lowest BCUT2D eigenvalue weighted by atomic mass is 10.2. The predicted molar refractivity (Wildman–Crippen MR) is 128 cm³/mol. The zero-order valence-electron chi connectivity index (χ0n) is 17.2. The second-order valence-corrected chi connectivity index (χ2v) is 10.5. The van der Waals surface area contributed by atoms with Gasteiger partial charge in [0.25, 0.3) is 15.9 Å². The van der Waals surface area contributed by atoms with Crippen molar-refractivity contribution in [1.29, 1.82) is 0 Å². The summed E-state index contributed by atoms with van der Waals surface area (Å²) in [5, 5.41) is 6.22. The largest absolute Gasteiger partial charge is 0.452 e. The third-order valence-corrected chi connectivity index (χ3v) is 7.89. The molecule has 1 amide bonds. The topological polar surface area (TPSA) is 114 Å². The van der Waals surface area contributed by atoms with Crippen LogP contribution in [0, 0.1) is 5.82 Å². The number of aromatic nitrogens is 1. The number of ether oxygens (including phenoxy) is 1. The van der Waals surface area contributed by atoms with Crippen LogP contribution in [-0.2, 0) is 19.6 Å². The number of sulfonamides is 1. The average molecular weight is 518 g/mol. The van der Waals surface area contributed by atoms with Crippen LogP contribution in [-0.4, -0.2) is 31.9 Å². The Balaban J connectivity index is 1.29. The number of hydrogen-bond donors (Lipinski definition) is 2. The Hall–Kier alpha value is -3.61. The molecular formula is C22H16FN3O5S3. The third kappa shape index (κ3) is 5.84. The Morgan fingerprint density at radius 1 is 1.00 bits per heavy atom. The van der Waals surface area contributed by atoms with Gasteiger partial charge in [0.1, 0.15) is 10.0 Å². The van der Waals surface area contributed by atoms with Gasteiger partial charge in [0, 0.05) is 16.6 Å². The number of thiazole rings is 1. The molecule has 0 saturated carbocycles. The molecule has 0 bridgehead atoms. The lowest BCUT2D eigenvalue weighted by molar-refractivity contribution is -0.119. The van der Waals surface area contributed by atoms with E-state index in [0.717, 1.165) is 11.3 Å².